The molecule has 0 heterocycles. The lowest BCUT2D eigenvalue weighted by Crippen LogP contribution is -2.43. The second-order valence-electron chi connectivity index (χ2n) is 5.07. The largest absolute Gasteiger partial charge is 0.494 e. The van der Waals surface area contributed by atoms with E-state index < -0.39 is 0 Å². The molecule has 1 rings (SSSR count). The molecule has 0 radical (unpaired) electrons. The predicted molar refractivity (Wildman–Crippen MR) is 96.0 cm³/mol. The molecule has 120 valence electrons. The van der Waals surface area contributed by atoms with Crippen molar-refractivity contribution in [1.29, 1.82) is 0 Å². The zero-order chi connectivity index (χ0) is 15.1. The fourth-order valence-corrected chi connectivity index (χ4v) is 1.58. The molecule has 0 saturated carbocycles. The lowest BCUT2D eigenvalue weighted by Gasteiger charge is -2.20. The average molecular weight is 409 g/mol. The van der Waals surface area contributed by atoms with Gasteiger partial charge in [0, 0.05) is 19.6 Å². The van der Waals surface area contributed by atoms with Gasteiger partial charge < -0.3 is 15.4 Å². The Hall–Kier alpha value is -1.05. The molecular weight excluding hydrogens is 384 g/mol. The summed E-state index contributed by atoms with van der Waals surface area (Å²) in [5.41, 5.74) is 0.837. The number of methoxy groups -OCH3 is 1. The van der Waals surface area contributed by atoms with E-state index in [0.29, 0.717) is 24.5 Å². The van der Waals surface area contributed by atoms with Gasteiger partial charge in [-0.05, 0) is 30.5 Å². The molecule has 1 atom stereocenters. The first-order chi connectivity index (χ1) is 9.47. The number of hydrogen-bond donors (Lipinski definition) is 2. The Bertz CT molecular complexity index is 466. The third-order valence-corrected chi connectivity index (χ3v) is 3.26. The van der Waals surface area contributed by atoms with Gasteiger partial charge in [-0.25, -0.2) is 4.39 Å². The summed E-state index contributed by atoms with van der Waals surface area (Å²) in [5, 5.41) is 6.46. The molecule has 0 aliphatic carbocycles. The number of halogens is 2. The van der Waals surface area contributed by atoms with Gasteiger partial charge in [-0.15, -0.1) is 24.0 Å². The van der Waals surface area contributed by atoms with E-state index in [1.165, 1.54) is 13.2 Å². The van der Waals surface area contributed by atoms with Crippen molar-refractivity contribution < 1.29 is 9.13 Å². The molecule has 0 bridgehead atoms. The maximum atomic E-state index is 13.6. The van der Waals surface area contributed by atoms with Crippen LogP contribution >= 0.6 is 24.0 Å². The van der Waals surface area contributed by atoms with Crippen LogP contribution in [0.15, 0.2) is 23.2 Å². The van der Waals surface area contributed by atoms with Gasteiger partial charge >= 0.3 is 0 Å². The quantitative estimate of drug-likeness (QED) is 0.446. The molecule has 21 heavy (non-hydrogen) atoms. The number of benzene rings is 1. The van der Waals surface area contributed by atoms with E-state index in [2.05, 4.69) is 36.4 Å². The third kappa shape index (κ3) is 6.50. The van der Waals surface area contributed by atoms with E-state index in [0.717, 1.165) is 5.56 Å². The van der Waals surface area contributed by atoms with Crippen molar-refractivity contribution in [2.24, 2.45) is 10.9 Å². The van der Waals surface area contributed by atoms with E-state index in [4.69, 9.17) is 4.74 Å². The van der Waals surface area contributed by atoms with Crippen LogP contribution in [0.5, 0.6) is 5.75 Å². The molecule has 6 heteroatoms. The number of nitrogens with one attached hydrogen (secondary N) is 2. The maximum absolute atomic E-state index is 13.6. The van der Waals surface area contributed by atoms with Gasteiger partial charge in [0.15, 0.2) is 17.5 Å². The highest BCUT2D eigenvalue weighted by Gasteiger charge is 2.09. The number of nitrogens with zero attached hydrogens (tertiary/aromatic N) is 1. The minimum atomic E-state index is -0.356. The highest BCUT2D eigenvalue weighted by atomic mass is 127. The van der Waals surface area contributed by atoms with Crippen LogP contribution < -0.4 is 15.4 Å². The lowest BCUT2D eigenvalue weighted by molar-refractivity contribution is 0.386. The van der Waals surface area contributed by atoms with E-state index in [1.54, 1.807) is 13.1 Å². The lowest BCUT2D eigenvalue weighted by atomic mass is 10.1. The number of aliphatic imine (C=N–C) groups is 1. The minimum Gasteiger partial charge on any atom is -0.494 e. The summed E-state index contributed by atoms with van der Waals surface area (Å²) < 4.78 is 18.5. The van der Waals surface area contributed by atoms with Crippen molar-refractivity contribution in [3.05, 3.63) is 29.6 Å². The van der Waals surface area contributed by atoms with Crippen molar-refractivity contribution in [2.75, 3.05) is 14.2 Å². The van der Waals surface area contributed by atoms with Crippen molar-refractivity contribution in [3.63, 3.8) is 0 Å². The van der Waals surface area contributed by atoms with Gasteiger partial charge in [0.2, 0.25) is 0 Å². The van der Waals surface area contributed by atoms with Crippen molar-refractivity contribution in [1.82, 2.24) is 10.6 Å². The highest BCUT2D eigenvalue weighted by molar-refractivity contribution is 14.0. The summed E-state index contributed by atoms with van der Waals surface area (Å²) in [6, 6.07) is 5.23. The number of guanidine groups is 1. The molecule has 0 spiro atoms. The van der Waals surface area contributed by atoms with E-state index in [1.807, 2.05) is 6.07 Å². The molecule has 2 N–H and O–H groups in total. The van der Waals surface area contributed by atoms with E-state index in [9.17, 15) is 4.39 Å². The van der Waals surface area contributed by atoms with E-state index >= 15 is 0 Å². The fraction of sp³-hybridized carbons (Fsp3) is 0.533. The minimum absolute atomic E-state index is 0. The Morgan fingerprint density at radius 2 is 2.00 bits per heavy atom. The van der Waals surface area contributed by atoms with Crippen LogP contribution in [0.25, 0.3) is 0 Å². The second kappa shape index (κ2) is 9.81. The Labute approximate surface area is 143 Å². The van der Waals surface area contributed by atoms with Crippen molar-refractivity contribution in [3.8, 4) is 5.75 Å². The zero-order valence-electron chi connectivity index (χ0n) is 13.2. The summed E-state index contributed by atoms with van der Waals surface area (Å²) in [5.74, 6) is 1.12. The molecule has 0 aliphatic rings. The van der Waals surface area contributed by atoms with Gasteiger partial charge in [-0.2, -0.15) is 0 Å². The molecule has 1 aromatic carbocycles. The molecule has 0 aromatic heterocycles. The highest BCUT2D eigenvalue weighted by Crippen LogP contribution is 2.17. The first-order valence-electron chi connectivity index (χ1n) is 6.77. The van der Waals surface area contributed by atoms with Crippen LogP contribution in [-0.4, -0.2) is 26.2 Å². The van der Waals surface area contributed by atoms with Crippen LogP contribution in [0.2, 0.25) is 0 Å². The van der Waals surface area contributed by atoms with Gasteiger partial charge in [-0.3, -0.25) is 4.99 Å². The number of ether oxygens (including phenoxy) is 1. The average Bonchev–Trinajstić information content (AvgIpc) is 2.43. The van der Waals surface area contributed by atoms with Gasteiger partial charge in [-0.1, -0.05) is 19.9 Å². The summed E-state index contributed by atoms with van der Waals surface area (Å²) >= 11 is 0. The first kappa shape index (κ1) is 19.9. The van der Waals surface area contributed by atoms with Crippen molar-refractivity contribution in [2.45, 2.75) is 33.4 Å². The Kier molecular flexibility index (Phi) is 9.32. The number of rotatable bonds is 5. The Morgan fingerprint density at radius 1 is 1.33 bits per heavy atom. The summed E-state index contributed by atoms with van der Waals surface area (Å²) in [6.07, 6.45) is 0. The Morgan fingerprint density at radius 3 is 2.48 bits per heavy atom. The second-order valence-corrected chi connectivity index (χ2v) is 5.07. The molecule has 1 aromatic rings. The topological polar surface area (TPSA) is 45.7 Å². The van der Waals surface area contributed by atoms with Crippen LogP contribution in [-0.2, 0) is 6.54 Å². The molecule has 0 saturated heterocycles. The molecule has 0 fully saturated rings. The van der Waals surface area contributed by atoms with Crippen LogP contribution in [0, 0.1) is 11.7 Å². The summed E-state index contributed by atoms with van der Waals surface area (Å²) in [6.45, 7) is 6.89. The summed E-state index contributed by atoms with van der Waals surface area (Å²) in [7, 11) is 3.17. The molecule has 1 unspecified atom stereocenters. The smallest absolute Gasteiger partial charge is 0.191 e. The fourth-order valence-electron chi connectivity index (χ4n) is 1.58. The summed E-state index contributed by atoms with van der Waals surface area (Å²) in [4.78, 5) is 4.16. The van der Waals surface area contributed by atoms with E-state index in [-0.39, 0.29) is 35.5 Å². The van der Waals surface area contributed by atoms with Crippen LogP contribution in [0.3, 0.4) is 0 Å². The zero-order valence-corrected chi connectivity index (χ0v) is 15.6. The van der Waals surface area contributed by atoms with Crippen LogP contribution in [0.1, 0.15) is 26.3 Å². The van der Waals surface area contributed by atoms with Gasteiger partial charge in [0.25, 0.3) is 0 Å². The van der Waals surface area contributed by atoms with Crippen LogP contribution in [0.4, 0.5) is 4.39 Å². The predicted octanol–water partition coefficient (Wildman–Crippen LogP) is 3.16. The van der Waals surface area contributed by atoms with Gasteiger partial charge in [0.1, 0.15) is 0 Å². The van der Waals surface area contributed by atoms with Crippen molar-refractivity contribution >= 4 is 29.9 Å². The monoisotopic (exact) mass is 409 g/mol. The standard InChI is InChI=1S/C15H24FN3O.HI/c1-10(2)11(3)19-15(17-4)18-9-12-6-7-14(20-5)13(16)8-12;/h6-8,10-11H,9H2,1-5H3,(H2,17,18,19);1H. The Balaban J connectivity index is 0.00000400. The molecule has 0 aliphatic heterocycles. The molecule has 4 nitrogen and oxygen atoms in total. The maximum Gasteiger partial charge on any atom is 0.191 e. The molecule has 0 amide bonds. The SMILES string of the molecule is CN=C(NCc1ccc(OC)c(F)c1)NC(C)C(C)C.I. The van der Waals surface area contributed by atoms with Gasteiger partial charge in [0.05, 0.1) is 7.11 Å². The normalized spacial score (nSPS) is 12.6. The number of hydrogen-bond acceptors (Lipinski definition) is 2. The third-order valence-electron chi connectivity index (χ3n) is 3.26. The first-order valence-corrected chi connectivity index (χ1v) is 6.77. The molecular formula is C15H25FIN3O.